The number of hydrogen-bond donors (Lipinski definition) is 0. The predicted molar refractivity (Wildman–Crippen MR) is 51.8 cm³/mol. The lowest BCUT2D eigenvalue weighted by Gasteiger charge is -1.98. The van der Waals surface area contributed by atoms with Gasteiger partial charge in [0.2, 0.25) is 5.95 Å². The molecular formula is C9H6ClN3O. The molecular weight excluding hydrogens is 202 g/mol. The van der Waals surface area contributed by atoms with Crippen LogP contribution in [0.15, 0.2) is 30.9 Å². The summed E-state index contributed by atoms with van der Waals surface area (Å²) < 4.78 is 1.65. The van der Waals surface area contributed by atoms with Crippen molar-refractivity contribution in [2.75, 3.05) is 0 Å². The van der Waals surface area contributed by atoms with E-state index in [2.05, 4.69) is 9.97 Å². The lowest BCUT2D eigenvalue weighted by atomic mass is 10.4. The highest BCUT2D eigenvalue weighted by molar-refractivity contribution is 6.30. The lowest BCUT2D eigenvalue weighted by Crippen LogP contribution is -1.96. The first-order valence-corrected chi connectivity index (χ1v) is 4.28. The Morgan fingerprint density at radius 3 is 2.64 bits per heavy atom. The van der Waals surface area contributed by atoms with E-state index in [1.807, 2.05) is 0 Å². The van der Waals surface area contributed by atoms with Crippen molar-refractivity contribution in [2.24, 2.45) is 0 Å². The summed E-state index contributed by atoms with van der Waals surface area (Å²) in [5.41, 5.74) is 0.587. The summed E-state index contributed by atoms with van der Waals surface area (Å²) in [4.78, 5) is 18.4. The summed E-state index contributed by atoms with van der Waals surface area (Å²) >= 11 is 5.64. The van der Waals surface area contributed by atoms with Gasteiger partial charge in [-0.3, -0.25) is 9.36 Å². The first kappa shape index (κ1) is 8.90. The fourth-order valence-electron chi connectivity index (χ4n) is 1.05. The van der Waals surface area contributed by atoms with Gasteiger partial charge >= 0.3 is 0 Å². The molecule has 0 atom stereocenters. The van der Waals surface area contributed by atoms with E-state index in [1.54, 1.807) is 23.0 Å². The van der Waals surface area contributed by atoms with Gasteiger partial charge in [0.1, 0.15) is 0 Å². The summed E-state index contributed by atoms with van der Waals surface area (Å²) in [7, 11) is 0. The van der Waals surface area contributed by atoms with Crippen LogP contribution in [0.1, 0.15) is 10.4 Å². The largest absolute Gasteiger partial charge is 0.298 e. The number of halogens is 1. The topological polar surface area (TPSA) is 47.8 Å². The van der Waals surface area contributed by atoms with Gasteiger partial charge in [0.25, 0.3) is 0 Å². The van der Waals surface area contributed by atoms with E-state index in [0.29, 0.717) is 16.5 Å². The molecule has 0 saturated heterocycles. The summed E-state index contributed by atoms with van der Waals surface area (Å²) in [6.07, 6.45) is 7.14. The third-order valence-electron chi connectivity index (χ3n) is 1.69. The van der Waals surface area contributed by atoms with Crippen LogP contribution in [0.3, 0.4) is 0 Å². The normalized spacial score (nSPS) is 10.1. The Balaban J connectivity index is 2.39. The van der Waals surface area contributed by atoms with Gasteiger partial charge < -0.3 is 0 Å². The molecule has 14 heavy (non-hydrogen) atoms. The van der Waals surface area contributed by atoms with Crippen LogP contribution in [-0.4, -0.2) is 20.8 Å². The zero-order valence-corrected chi connectivity index (χ0v) is 7.85. The average Bonchev–Trinajstić information content (AvgIpc) is 2.67. The molecule has 0 bridgehead atoms. The van der Waals surface area contributed by atoms with Gasteiger partial charge in [-0.05, 0) is 6.07 Å². The fourth-order valence-corrected chi connectivity index (χ4v) is 1.14. The summed E-state index contributed by atoms with van der Waals surface area (Å²) in [5, 5.41) is 0.483. The number of carbonyl (C=O) groups excluding carboxylic acids is 1. The minimum Gasteiger partial charge on any atom is -0.298 e. The van der Waals surface area contributed by atoms with Crippen molar-refractivity contribution in [3.63, 3.8) is 0 Å². The molecule has 70 valence electrons. The molecule has 0 aliphatic heterocycles. The second kappa shape index (κ2) is 3.59. The molecule has 0 saturated carbocycles. The van der Waals surface area contributed by atoms with E-state index in [1.165, 1.54) is 12.4 Å². The zero-order chi connectivity index (χ0) is 9.97. The maximum Gasteiger partial charge on any atom is 0.233 e. The van der Waals surface area contributed by atoms with Gasteiger partial charge in [-0.25, -0.2) is 9.97 Å². The highest BCUT2D eigenvalue weighted by atomic mass is 35.5. The third-order valence-corrected chi connectivity index (χ3v) is 1.88. The Labute approximate surface area is 85.2 Å². The molecule has 2 heterocycles. The van der Waals surface area contributed by atoms with Gasteiger partial charge in [-0.2, -0.15) is 0 Å². The molecule has 5 heteroatoms. The minimum atomic E-state index is 0.483. The number of aromatic nitrogens is 3. The molecule has 0 amide bonds. The number of hydrogen-bond acceptors (Lipinski definition) is 3. The maximum atomic E-state index is 10.4. The van der Waals surface area contributed by atoms with Crippen molar-refractivity contribution < 1.29 is 4.79 Å². The van der Waals surface area contributed by atoms with Gasteiger partial charge in [-0.1, -0.05) is 11.6 Å². The zero-order valence-electron chi connectivity index (χ0n) is 7.09. The van der Waals surface area contributed by atoms with Crippen LogP contribution >= 0.6 is 11.6 Å². The van der Waals surface area contributed by atoms with Gasteiger partial charge in [0, 0.05) is 18.0 Å². The van der Waals surface area contributed by atoms with E-state index in [4.69, 9.17) is 11.6 Å². The van der Waals surface area contributed by atoms with Crippen molar-refractivity contribution in [1.82, 2.24) is 14.5 Å². The van der Waals surface area contributed by atoms with E-state index in [0.717, 1.165) is 6.29 Å². The number of nitrogens with zero attached hydrogens (tertiary/aromatic N) is 3. The Kier molecular flexibility index (Phi) is 2.28. The Morgan fingerprint density at radius 2 is 2.07 bits per heavy atom. The van der Waals surface area contributed by atoms with Crippen LogP contribution in [-0.2, 0) is 0 Å². The van der Waals surface area contributed by atoms with Gasteiger partial charge in [0.15, 0.2) is 6.29 Å². The monoisotopic (exact) mass is 207 g/mol. The molecule has 0 aliphatic rings. The summed E-state index contributed by atoms with van der Waals surface area (Å²) in [6, 6.07) is 1.69. The molecule has 4 nitrogen and oxygen atoms in total. The number of rotatable bonds is 2. The van der Waals surface area contributed by atoms with Crippen LogP contribution in [0, 0.1) is 0 Å². The third kappa shape index (κ3) is 1.65. The summed E-state index contributed by atoms with van der Waals surface area (Å²) in [6.45, 7) is 0. The van der Waals surface area contributed by atoms with Crippen LogP contribution in [0.4, 0.5) is 0 Å². The molecule has 0 N–H and O–H groups in total. The van der Waals surface area contributed by atoms with E-state index >= 15 is 0 Å². The average molecular weight is 208 g/mol. The highest BCUT2D eigenvalue weighted by Crippen LogP contribution is 2.07. The second-order valence-electron chi connectivity index (χ2n) is 2.67. The molecule has 0 aliphatic carbocycles. The van der Waals surface area contributed by atoms with Gasteiger partial charge in [-0.15, -0.1) is 0 Å². The van der Waals surface area contributed by atoms with Crippen LogP contribution in [0.2, 0.25) is 5.02 Å². The second-order valence-corrected chi connectivity index (χ2v) is 3.11. The first-order valence-electron chi connectivity index (χ1n) is 3.91. The van der Waals surface area contributed by atoms with Crippen molar-refractivity contribution in [1.29, 1.82) is 0 Å². The fraction of sp³-hybridized carbons (Fsp3) is 0. The van der Waals surface area contributed by atoms with E-state index < -0.39 is 0 Å². The summed E-state index contributed by atoms with van der Waals surface area (Å²) in [5.74, 6) is 0.488. The van der Waals surface area contributed by atoms with E-state index in [-0.39, 0.29) is 0 Å². The van der Waals surface area contributed by atoms with Crippen molar-refractivity contribution in [2.45, 2.75) is 0 Å². The van der Waals surface area contributed by atoms with Crippen LogP contribution < -0.4 is 0 Å². The number of aldehydes is 1. The molecule has 0 unspecified atom stereocenters. The van der Waals surface area contributed by atoms with Crippen molar-refractivity contribution in [3.8, 4) is 5.95 Å². The van der Waals surface area contributed by atoms with Crippen molar-refractivity contribution in [3.05, 3.63) is 41.4 Å². The quantitative estimate of drug-likeness (QED) is 0.705. The lowest BCUT2D eigenvalue weighted by molar-refractivity contribution is 0.112. The van der Waals surface area contributed by atoms with Crippen LogP contribution in [0.5, 0.6) is 0 Å². The van der Waals surface area contributed by atoms with Crippen molar-refractivity contribution >= 4 is 17.9 Å². The van der Waals surface area contributed by atoms with Crippen LogP contribution in [0.25, 0.3) is 5.95 Å². The standard InChI is InChI=1S/C9H6ClN3O/c10-8-3-11-9(12-4-8)13-2-1-7(5-13)6-14/h1-6H. The molecule has 2 aromatic heterocycles. The molecule has 0 fully saturated rings. The van der Waals surface area contributed by atoms with Gasteiger partial charge in [0.05, 0.1) is 17.4 Å². The SMILES string of the molecule is O=Cc1ccn(-c2ncc(Cl)cn2)c1. The minimum absolute atomic E-state index is 0.483. The Hall–Kier alpha value is -1.68. The highest BCUT2D eigenvalue weighted by Gasteiger charge is 2.00. The molecule has 0 radical (unpaired) electrons. The Morgan fingerprint density at radius 1 is 1.36 bits per heavy atom. The maximum absolute atomic E-state index is 10.4. The smallest absolute Gasteiger partial charge is 0.233 e. The predicted octanol–water partition coefficient (Wildman–Crippen LogP) is 1.73. The molecule has 0 aromatic carbocycles. The van der Waals surface area contributed by atoms with E-state index in [9.17, 15) is 4.79 Å². The Bertz CT molecular complexity index is 449. The molecule has 0 spiro atoms. The number of carbonyl (C=O) groups is 1. The first-order chi connectivity index (χ1) is 6.79. The molecule has 2 rings (SSSR count). The molecule has 2 aromatic rings.